The van der Waals surface area contributed by atoms with Crippen LogP contribution in [0.5, 0.6) is 0 Å². The van der Waals surface area contributed by atoms with E-state index < -0.39 is 5.60 Å². The quantitative estimate of drug-likeness (QED) is 0.700. The van der Waals surface area contributed by atoms with Crippen LogP contribution in [0.3, 0.4) is 0 Å². The fourth-order valence-electron chi connectivity index (χ4n) is 3.70. The summed E-state index contributed by atoms with van der Waals surface area (Å²) in [6.45, 7) is 8.60. The number of carbonyl (C=O) groups excluding carboxylic acids is 1. The molecule has 1 amide bonds. The Morgan fingerprint density at radius 2 is 2.12 bits per heavy atom. The first kappa shape index (κ1) is 16.7. The number of carbonyl (C=O) groups is 1. The molecule has 1 fully saturated rings. The van der Waals surface area contributed by atoms with Crippen LogP contribution >= 0.6 is 0 Å². The molecule has 8 heteroatoms. The fourth-order valence-corrected chi connectivity index (χ4v) is 3.70. The number of imidazole rings is 1. The normalized spacial score (nSPS) is 21.0. The van der Waals surface area contributed by atoms with Crippen molar-refractivity contribution < 1.29 is 9.53 Å². The van der Waals surface area contributed by atoms with Crippen LogP contribution in [0.4, 0.5) is 4.79 Å². The summed E-state index contributed by atoms with van der Waals surface area (Å²) in [5.74, 6) is 0.126. The van der Waals surface area contributed by atoms with E-state index in [1.54, 1.807) is 15.7 Å². The van der Waals surface area contributed by atoms with Crippen molar-refractivity contribution in [2.45, 2.75) is 39.3 Å². The van der Waals surface area contributed by atoms with Crippen molar-refractivity contribution >= 4 is 28.2 Å². The number of hydrogen-bond donors (Lipinski definition) is 2. The van der Waals surface area contributed by atoms with Crippen LogP contribution in [0, 0.1) is 5.92 Å². The first-order valence-corrected chi connectivity index (χ1v) is 8.79. The largest absolute Gasteiger partial charge is 0.444 e. The van der Waals surface area contributed by atoms with Gasteiger partial charge in [0.15, 0.2) is 0 Å². The first-order chi connectivity index (χ1) is 12.2. The van der Waals surface area contributed by atoms with Crippen LogP contribution < -0.4 is 5.69 Å². The number of amides is 1. The van der Waals surface area contributed by atoms with Gasteiger partial charge in [-0.25, -0.2) is 14.6 Å². The van der Waals surface area contributed by atoms with Gasteiger partial charge in [-0.05, 0) is 32.8 Å². The highest BCUT2D eigenvalue weighted by Gasteiger charge is 2.37. The standard InChI is InChI=1S/C18H23N5O3/c1-10-8-22(17(25)26-18(2,3)4)9-13(10)23-14-11-5-6-19-15(11)20-7-12(14)21-16(23)24/h5-7,10,13H,8-9H2,1-4H3,(H,19,20)(H,21,24)/t10-,13-/m0/s1. The lowest BCUT2D eigenvalue weighted by atomic mass is 10.1. The number of nitrogens with zero attached hydrogens (tertiary/aromatic N) is 3. The monoisotopic (exact) mass is 357 g/mol. The maximum absolute atomic E-state index is 12.7. The molecule has 3 aromatic rings. The molecule has 1 saturated heterocycles. The van der Waals surface area contributed by atoms with E-state index in [1.165, 1.54) is 0 Å². The van der Waals surface area contributed by atoms with Crippen molar-refractivity contribution in [3.05, 3.63) is 28.9 Å². The Morgan fingerprint density at radius 1 is 1.35 bits per heavy atom. The van der Waals surface area contributed by atoms with Gasteiger partial charge in [-0.1, -0.05) is 6.92 Å². The predicted octanol–water partition coefficient (Wildman–Crippen LogP) is 2.63. The van der Waals surface area contributed by atoms with Gasteiger partial charge in [-0.3, -0.25) is 4.57 Å². The number of hydrogen-bond acceptors (Lipinski definition) is 4. The van der Waals surface area contributed by atoms with Crippen LogP contribution in [-0.4, -0.2) is 49.2 Å². The zero-order valence-corrected chi connectivity index (χ0v) is 15.4. The highest BCUT2D eigenvalue weighted by Crippen LogP contribution is 2.32. The second-order valence-electron chi connectivity index (χ2n) is 7.99. The number of aromatic nitrogens is 4. The number of rotatable bonds is 1. The van der Waals surface area contributed by atoms with Gasteiger partial charge in [0.1, 0.15) is 11.2 Å². The summed E-state index contributed by atoms with van der Waals surface area (Å²) in [7, 11) is 0. The van der Waals surface area contributed by atoms with Gasteiger partial charge in [-0.2, -0.15) is 0 Å². The lowest BCUT2D eigenvalue weighted by Gasteiger charge is -2.24. The third-order valence-corrected chi connectivity index (χ3v) is 4.82. The summed E-state index contributed by atoms with van der Waals surface area (Å²) in [6.07, 6.45) is 3.13. The topological polar surface area (TPSA) is 96.0 Å². The minimum Gasteiger partial charge on any atom is -0.444 e. The van der Waals surface area contributed by atoms with Crippen LogP contribution in [-0.2, 0) is 4.74 Å². The average Bonchev–Trinajstić information content (AvgIpc) is 3.20. The van der Waals surface area contributed by atoms with Crippen molar-refractivity contribution in [1.29, 1.82) is 0 Å². The molecule has 4 rings (SSSR count). The third-order valence-electron chi connectivity index (χ3n) is 4.82. The van der Waals surface area contributed by atoms with Crippen molar-refractivity contribution in [3.63, 3.8) is 0 Å². The van der Waals surface area contributed by atoms with Crippen molar-refractivity contribution in [1.82, 2.24) is 24.4 Å². The Balaban J connectivity index is 1.74. The third kappa shape index (κ3) is 2.65. The van der Waals surface area contributed by atoms with Gasteiger partial charge in [0.05, 0.1) is 23.3 Å². The van der Waals surface area contributed by atoms with E-state index in [9.17, 15) is 9.59 Å². The Labute approximate surface area is 150 Å². The maximum atomic E-state index is 12.7. The molecule has 1 aliphatic heterocycles. The smallest absolute Gasteiger partial charge is 0.410 e. The predicted molar refractivity (Wildman–Crippen MR) is 98.2 cm³/mol. The number of H-pyrrole nitrogens is 2. The molecule has 2 atom stereocenters. The molecule has 1 aliphatic rings. The highest BCUT2D eigenvalue weighted by molar-refractivity contribution is 6.00. The number of ether oxygens (including phenoxy) is 1. The van der Waals surface area contributed by atoms with Crippen LogP contribution in [0.25, 0.3) is 22.1 Å². The van der Waals surface area contributed by atoms with E-state index in [4.69, 9.17) is 4.74 Å². The number of pyridine rings is 1. The number of aromatic amines is 2. The van der Waals surface area contributed by atoms with E-state index >= 15 is 0 Å². The summed E-state index contributed by atoms with van der Waals surface area (Å²) in [5, 5.41) is 0.892. The molecule has 4 heterocycles. The molecule has 0 unspecified atom stereocenters. The summed E-state index contributed by atoms with van der Waals surface area (Å²) in [4.78, 5) is 37.1. The SMILES string of the molecule is C[C@H]1CN(C(=O)OC(C)(C)C)C[C@@H]1n1c(=O)[nH]c2cnc3[nH]ccc3c21. The zero-order chi connectivity index (χ0) is 18.6. The van der Waals surface area contributed by atoms with Gasteiger partial charge < -0.3 is 19.6 Å². The van der Waals surface area contributed by atoms with Gasteiger partial charge in [0.2, 0.25) is 0 Å². The van der Waals surface area contributed by atoms with Crippen molar-refractivity contribution in [2.24, 2.45) is 5.92 Å². The van der Waals surface area contributed by atoms with E-state index in [0.29, 0.717) is 18.6 Å². The van der Waals surface area contributed by atoms with E-state index in [1.807, 2.05) is 33.0 Å². The molecule has 0 saturated carbocycles. The summed E-state index contributed by atoms with van der Waals surface area (Å²) < 4.78 is 7.25. The lowest BCUT2D eigenvalue weighted by molar-refractivity contribution is 0.0285. The van der Waals surface area contributed by atoms with Gasteiger partial charge in [-0.15, -0.1) is 0 Å². The summed E-state index contributed by atoms with van der Waals surface area (Å²) >= 11 is 0. The van der Waals surface area contributed by atoms with Gasteiger partial charge >= 0.3 is 11.8 Å². The molecule has 0 aromatic carbocycles. The molecule has 0 aliphatic carbocycles. The number of nitrogens with one attached hydrogen (secondary N) is 2. The lowest BCUT2D eigenvalue weighted by Crippen LogP contribution is -2.36. The molecule has 3 aromatic heterocycles. The van der Waals surface area contributed by atoms with E-state index in [0.717, 1.165) is 16.6 Å². The number of fused-ring (bicyclic) bond motifs is 3. The average molecular weight is 357 g/mol. The van der Waals surface area contributed by atoms with E-state index in [2.05, 4.69) is 21.9 Å². The first-order valence-electron chi connectivity index (χ1n) is 8.79. The highest BCUT2D eigenvalue weighted by atomic mass is 16.6. The second-order valence-corrected chi connectivity index (χ2v) is 7.99. The number of likely N-dealkylation sites (tertiary alicyclic amines) is 1. The summed E-state index contributed by atoms with van der Waals surface area (Å²) in [6, 6.07) is 1.80. The van der Waals surface area contributed by atoms with Crippen molar-refractivity contribution in [2.75, 3.05) is 13.1 Å². The zero-order valence-electron chi connectivity index (χ0n) is 15.4. The summed E-state index contributed by atoms with van der Waals surface area (Å²) in [5.41, 5.74) is 1.53. The molecule has 0 spiro atoms. The molecule has 2 N–H and O–H groups in total. The Bertz CT molecular complexity index is 1040. The van der Waals surface area contributed by atoms with Gasteiger partial charge in [0.25, 0.3) is 0 Å². The minimum atomic E-state index is -0.543. The van der Waals surface area contributed by atoms with E-state index in [-0.39, 0.29) is 23.7 Å². The van der Waals surface area contributed by atoms with Gasteiger partial charge in [0, 0.05) is 24.7 Å². The molecule has 0 radical (unpaired) electrons. The molecule has 26 heavy (non-hydrogen) atoms. The molecule has 138 valence electrons. The maximum Gasteiger partial charge on any atom is 0.410 e. The molecule has 0 bridgehead atoms. The Hall–Kier alpha value is -2.77. The molecular weight excluding hydrogens is 334 g/mol. The Kier molecular flexibility index (Phi) is 3.61. The molecule has 8 nitrogen and oxygen atoms in total. The second kappa shape index (κ2) is 5.62. The fraction of sp³-hybridized carbons (Fsp3) is 0.500. The Morgan fingerprint density at radius 3 is 2.85 bits per heavy atom. The van der Waals surface area contributed by atoms with Crippen LogP contribution in [0.2, 0.25) is 0 Å². The van der Waals surface area contributed by atoms with Crippen LogP contribution in [0.15, 0.2) is 23.3 Å². The molecular formula is C18H23N5O3. The van der Waals surface area contributed by atoms with Crippen molar-refractivity contribution in [3.8, 4) is 0 Å². The minimum absolute atomic E-state index is 0.121. The van der Waals surface area contributed by atoms with Crippen LogP contribution in [0.1, 0.15) is 33.7 Å².